The molecule has 8 nitrogen and oxygen atoms in total. The first-order chi connectivity index (χ1) is 16.0. The molecule has 3 aromatic heterocycles. The predicted octanol–water partition coefficient (Wildman–Crippen LogP) is 5.44. The topological polar surface area (TPSA) is 102 Å². The van der Waals surface area contributed by atoms with Crippen molar-refractivity contribution >= 4 is 34.2 Å². The largest absolute Gasteiger partial charge is 0.459 e. The third kappa shape index (κ3) is 4.49. The predicted molar refractivity (Wildman–Crippen MR) is 119 cm³/mol. The molecule has 4 rings (SSSR count). The summed E-state index contributed by atoms with van der Waals surface area (Å²) in [6.07, 6.45) is -2.05. The van der Waals surface area contributed by atoms with Crippen molar-refractivity contribution in [2.45, 2.75) is 33.0 Å². The fourth-order valence-electron chi connectivity index (χ4n) is 3.46. The van der Waals surface area contributed by atoms with Crippen molar-refractivity contribution < 1.29 is 27.2 Å². The lowest BCUT2D eigenvalue weighted by Crippen LogP contribution is -2.18. The molecule has 0 atom stereocenters. The molecule has 0 saturated heterocycles. The Hall–Kier alpha value is -4.15. The maximum atomic E-state index is 13.8. The summed E-state index contributed by atoms with van der Waals surface area (Å²) in [4.78, 5) is 29.6. The van der Waals surface area contributed by atoms with E-state index >= 15 is 0 Å². The molecule has 2 amide bonds. The maximum Gasteiger partial charge on any atom is 0.418 e. The van der Waals surface area contributed by atoms with Gasteiger partial charge in [0.15, 0.2) is 11.4 Å². The number of pyridine rings is 1. The highest BCUT2D eigenvalue weighted by atomic mass is 19.4. The normalized spacial score (nSPS) is 11.7. The third-order valence-electron chi connectivity index (χ3n) is 5.00. The fourth-order valence-corrected chi connectivity index (χ4v) is 3.46. The molecule has 0 unspecified atom stereocenters. The molecule has 0 bridgehead atoms. The van der Waals surface area contributed by atoms with E-state index in [0.717, 1.165) is 12.1 Å². The number of aryl methyl sites for hydroxylation is 1. The number of rotatable bonds is 5. The zero-order valence-corrected chi connectivity index (χ0v) is 18.4. The lowest BCUT2D eigenvalue weighted by molar-refractivity contribution is -0.136. The van der Waals surface area contributed by atoms with E-state index in [1.54, 1.807) is 11.6 Å². The maximum absolute atomic E-state index is 13.8. The Morgan fingerprint density at radius 1 is 1.09 bits per heavy atom. The van der Waals surface area contributed by atoms with Crippen LogP contribution in [0.2, 0.25) is 0 Å². The second-order valence-electron chi connectivity index (χ2n) is 7.88. The van der Waals surface area contributed by atoms with Crippen LogP contribution >= 0.6 is 0 Å². The van der Waals surface area contributed by atoms with Crippen LogP contribution in [0.4, 0.5) is 24.5 Å². The van der Waals surface area contributed by atoms with Crippen LogP contribution in [0.5, 0.6) is 0 Å². The summed E-state index contributed by atoms with van der Waals surface area (Å²) in [7, 11) is 0. The van der Waals surface area contributed by atoms with E-state index < -0.39 is 29.2 Å². The van der Waals surface area contributed by atoms with Crippen molar-refractivity contribution in [2.24, 2.45) is 0 Å². The van der Waals surface area contributed by atoms with Gasteiger partial charge in [-0.25, -0.2) is 9.67 Å². The number of amides is 2. The highest BCUT2D eigenvalue weighted by Crippen LogP contribution is 2.37. The summed E-state index contributed by atoms with van der Waals surface area (Å²) in [5.41, 5.74) is -0.533. The number of nitrogens with one attached hydrogen (secondary N) is 2. The molecule has 0 saturated carbocycles. The number of benzene rings is 1. The minimum atomic E-state index is -4.79. The SMILES string of the molecule is Cc1cc(C(=O)Nc2ccc(NC(=O)c3ccco3)cc2C(F)(F)F)c2cnn(C(C)C)c2n1. The first kappa shape index (κ1) is 23.0. The Labute approximate surface area is 191 Å². The van der Waals surface area contributed by atoms with Gasteiger partial charge < -0.3 is 15.1 Å². The standard InChI is InChI=1S/C23H20F3N5O3/c1-12(2)31-20-16(11-27-31)15(9-13(3)28-20)21(32)30-18-7-6-14(10-17(18)23(24,25)26)29-22(33)19-5-4-8-34-19/h4-12H,1-3H3,(H,29,33)(H,30,32). The number of halogens is 3. The van der Waals surface area contributed by atoms with Crippen molar-refractivity contribution in [1.82, 2.24) is 14.8 Å². The van der Waals surface area contributed by atoms with Crippen LogP contribution < -0.4 is 10.6 Å². The van der Waals surface area contributed by atoms with E-state index in [1.807, 2.05) is 13.8 Å². The quantitative estimate of drug-likeness (QED) is 0.404. The minimum Gasteiger partial charge on any atom is -0.459 e. The molecule has 2 N–H and O–H groups in total. The number of hydrogen-bond donors (Lipinski definition) is 2. The number of carbonyl (C=O) groups excluding carboxylic acids is 2. The van der Waals surface area contributed by atoms with Crippen LogP contribution in [0.3, 0.4) is 0 Å². The summed E-state index contributed by atoms with van der Waals surface area (Å²) in [6, 6.07) is 7.43. The summed E-state index contributed by atoms with van der Waals surface area (Å²) in [5, 5.41) is 9.37. The molecule has 0 aliphatic heterocycles. The number of furan rings is 1. The lowest BCUT2D eigenvalue weighted by Gasteiger charge is -2.16. The van der Waals surface area contributed by atoms with Gasteiger partial charge in [0.2, 0.25) is 0 Å². The van der Waals surface area contributed by atoms with Crippen molar-refractivity contribution in [3.05, 3.63) is 71.4 Å². The van der Waals surface area contributed by atoms with Gasteiger partial charge in [0.25, 0.3) is 11.8 Å². The smallest absolute Gasteiger partial charge is 0.418 e. The molecule has 0 aliphatic carbocycles. The van der Waals surface area contributed by atoms with Gasteiger partial charge in [0, 0.05) is 17.4 Å². The van der Waals surface area contributed by atoms with Crippen LogP contribution in [0.25, 0.3) is 11.0 Å². The van der Waals surface area contributed by atoms with Crippen molar-refractivity contribution in [2.75, 3.05) is 10.6 Å². The van der Waals surface area contributed by atoms with Gasteiger partial charge in [-0.15, -0.1) is 0 Å². The number of anilines is 2. The number of nitrogens with zero attached hydrogens (tertiary/aromatic N) is 3. The van der Waals surface area contributed by atoms with E-state index in [2.05, 4.69) is 20.7 Å². The van der Waals surface area contributed by atoms with E-state index in [-0.39, 0.29) is 23.1 Å². The molecule has 0 fully saturated rings. The number of aromatic nitrogens is 3. The van der Waals surface area contributed by atoms with Crippen LogP contribution in [0.15, 0.2) is 53.3 Å². The average molecular weight is 471 g/mol. The zero-order valence-electron chi connectivity index (χ0n) is 18.4. The van der Waals surface area contributed by atoms with Gasteiger partial charge in [-0.1, -0.05) is 0 Å². The number of hydrogen-bond acceptors (Lipinski definition) is 5. The molecule has 176 valence electrons. The van der Waals surface area contributed by atoms with Gasteiger partial charge in [-0.2, -0.15) is 18.3 Å². The monoisotopic (exact) mass is 471 g/mol. The van der Waals surface area contributed by atoms with E-state index in [1.165, 1.54) is 36.7 Å². The second-order valence-corrected chi connectivity index (χ2v) is 7.88. The summed E-state index contributed by atoms with van der Waals surface area (Å²) >= 11 is 0. The van der Waals surface area contributed by atoms with Gasteiger partial charge in [-0.3, -0.25) is 9.59 Å². The molecule has 11 heteroatoms. The Kier molecular flexibility index (Phi) is 5.86. The van der Waals surface area contributed by atoms with Gasteiger partial charge in [0.1, 0.15) is 0 Å². The molecule has 34 heavy (non-hydrogen) atoms. The van der Waals surface area contributed by atoms with Crippen LogP contribution in [0, 0.1) is 6.92 Å². The van der Waals surface area contributed by atoms with E-state index in [9.17, 15) is 22.8 Å². The van der Waals surface area contributed by atoms with Crippen LogP contribution in [0.1, 0.15) is 52.1 Å². The Morgan fingerprint density at radius 3 is 2.50 bits per heavy atom. The molecule has 0 radical (unpaired) electrons. The fraction of sp³-hybridized carbons (Fsp3) is 0.217. The number of alkyl halides is 3. The summed E-state index contributed by atoms with van der Waals surface area (Å²) < 4.78 is 48.0. The van der Waals surface area contributed by atoms with E-state index in [0.29, 0.717) is 16.7 Å². The van der Waals surface area contributed by atoms with Crippen molar-refractivity contribution in [1.29, 1.82) is 0 Å². The highest BCUT2D eigenvalue weighted by molar-refractivity contribution is 6.12. The molecule has 1 aromatic carbocycles. The number of fused-ring (bicyclic) bond motifs is 1. The van der Waals surface area contributed by atoms with Crippen LogP contribution in [-0.4, -0.2) is 26.6 Å². The molecule has 0 spiro atoms. The molecular formula is C23H20F3N5O3. The van der Waals surface area contributed by atoms with Gasteiger partial charge >= 0.3 is 6.18 Å². The number of carbonyl (C=O) groups is 2. The van der Waals surface area contributed by atoms with Crippen molar-refractivity contribution in [3.63, 3.8) is 0 Å². The minimum absolute atomic E-state index is 0.0246. The van der Waals surface area contributed by atoms with Crippen LogP contribution in [-0.2, 0) is 6.18 Å². The van der Waals surface area contributed by atoms with Gasteiger partial charge in [0.05, 0.1) is 34.7 Å². The van der Waals surface area contributed by atoms with E-state index in [4.69, 9.17) is 4.42 Å². The molecule has 0 aliphatic rings. The first-order valence-corrected chi connectivity index (χ1v) is 10.3. The molecule has 3 heterocycles. The average Bonchev–Trinajstić information content (AvgIpc) is 3.43. The Bertz CT molecular complexity index is 1370. The van der Waals surface area contributed by atoms with Gasteiger partial charge in [-0.05, 0) is 57.2 Å². The van der Waals surface area contributed by atoms with Crippen molar-refractivity contribution in [3.8, 4) is 0 Å². The summed E-state index contributed by atoms with van der Waals surface area (Å²) in [5.74, 6) is -1.49. The lowest BCUT2D eigenvalue weighted by atomic mass is 10.1. The third-order valence-corrected chi connectivity index (χ3v) is 5.00. The highest BCUT2D eigenvalue weighted by Gasteiger charge is 2.35. The summed E-state index contributed by atoms with van der Waals surface area (Å²) in [6.45, 7) is 5.49. The first-order valence-electron chi connectivity index (χ1n) is 10.3. The molecular weight excluding hydrogens is 451 g/mol. The molecule has 4 aromatic rings. The second kappa shape index (κ2) is 8.65. The zero-order chi connectivity index (χ0) is 24.6. The Morgan fingerprint density at radius 2 is 1.85 bits per heavy atom. The Balaban J connectivity index is 1.67.